The molecular formula is C15H19NO5. The number of aliphatic carboxylic acids is 1. The number of amides is 1. The van der Waals surface area contributed by atoms with Crippen molar-refractivity contribution in [2.75, 3.05) is 6.61 Å². The van der Waals surface area contributed by atoms with Crippen LogP contribution >= 0.6 is 0 Å². The predicted molar refractivity (Wildman–Crippen MR) is 75.2 cm³/mol. The van der Waals surface area contributed by atoms with Crippen LogP contribution in [0.5, 0.6) is 5.75 Å². The van der Waals surface area contributed by atoms with Gasteiger partial charge in [-0.2, -0.15) is 0 Å². The lowest BCUT2D eigenvalue weighted by Crippen LogP contribution is -2.55. The van der Waals surface area contributed by atoms with Gasteiger partial charge in [0.25, 0.3) is 0 Å². The van der Waals surface area contributed by atoms with Crippen molar-refractivity contribution in [1.29, 1.82) is 0 Å². The molecule has 114 valence electrons. The van der Waals surface area contributed by atoms with Crippen molar-refractivity contribution < 1.29 is 24.2 Å². The number of carbonyl (C=O) groups is 2. The molecule has 1 aromatic carbocycles. The molecule has 2 rings (SSSR count). The van der Waals surface area contributed by atoms with Crippen molar-refractivity contribution in [2.45, 2.75) is 38.3 Å². The first kappa shape index (κ1) is 15.2. The molecule has 0 fully saturated rings. The van der Waals surface area contributed by atoms with Gasteiger partial charge in [0, 0.05) is 12.0 Å². The first-order valence-corrected chi connectivity index (χ1v) is 6.71. The minimum Gasteiger partial charge on any atom is -0.493 e. The number of ether oxygens (including phenoxy) is 2. The largest absolute Gasteiger partial charge is 0.493 e. The van der Waals surface area contributed by atoms with Crippen LogP contribution in [0, 0.1) is 0 Å². The lowest BCUT2D eigenvalue weighted by atomic mass is 9.84. The van der Waals surface area contributed by atoms with Crippen LogP contribution in [0.15, 0.2) is 24.3 Å². The van der Waals surface area contributed by atoms with E-state index in [9.17, 15) is 14.7 Å². The summed E-state index contributed by atoms with van der Waals surface area (Å²) in [6.45, 7) is 5.37. The molecule has 0 aromatic heterocycles. The van der Waals surface area contributed by atoms with Crippen molar-refractivity contribution in [3.63, 3.8) is 0 Å². The Hall–Kier alpha value is -2.24. The number of para-hydroxylation sites is 1. The number of fused-ring (bicyclic) bond motifs is 1. The highest BCUT2D eigenvalue weighted by atomic mass is 16.6. The average molecular weight is 293 g/mol. The maximum Gasteiger partial charge on any atom is 0.408 e. The first-order valence-electron chi connectivity index (χ1n) is 6.71. The van der Waals surface area contributed by atoms with Gasteiger partial charge in [-0.05, 0) is 26.8 Å². The van der Waals surface area contributed by atoms with E-state index in [1.165, 1.54) is 0 Å². The van der Waals surface area contributed by atoms with Crippen LogP contribution in [0.4, 0.5) is 4.79 Å². The summed E-state index contributed by atoms with van der Waals surface area (Å²) in [6.07, 6.45) is -0.625. The van der Waals surface area contributed by atoms with Gasteiger partial charge in [-0.3, -0.25) is 0 Å². The molecule has 1 unspecified atom stereocenters. The number of hydrogen-bond acceptors (Lipinski definition) is 4. The number of nitrogens with one attached hydrogen (secondary N) is 1. The molecular weight excluding hydrogens is 274 g/mol. The van der Waals surface area contributed by atoms with Crippen LogP contribution < -0.4 is 10.1 Å². The Morgan fingerprint density at radius 1 is 1.33 bits per heavy atom. The highest BCUT2D eigenvalue weighted by Gasteiger charge is 2.46. The molecule has 0 spiro atoms. The molecule has 0 aliphatic carbocycles. The number of rotatable bonds is 2. The summed E-state index contributed by atoms with van der Waals surface area (Å²) in [6, 6.07) is 6.79. The summed E-state index contributed by atoms with van der Waals surface area (Å²) < 4.78 is 10.6. The molecule has 1 aromatic rings. The zero-order valence-electron chi connectivity index (χ0n) is 12.3. The van der Waals surface area contributed by atoms with Crippen LogP contribution in [0.25, 0.3) is 0 Å². The van der Waals surface area contributed by atoms with Gasteiger partial charge in [-0.1, -0.05) is 18.2 Å². The SMILES string of the molecule is CC(C)(C)OC(=O)NC1(C(=O)O)CCOc2ccccc21. The molecule has 1 aliphatic heterocycles. The number of alkyl carbamates (subject to hydrolysis) is 1. The van der Waals surface area contributed by atoms with E-state index in [4.69, 9.17) is 9.47 Å². The number of carboxylic acids is 1. The molecule has 21 heavy (non-hydrogen) atoms. The molecule has 1 atom stereocenters. The number of hydrogen-bond donors (Lipinski definition) is 2. The number of carboxylic acid groups (broad SMARTS) is 1. The second kappa shape index (κ2) is 5.27. The Morgan fingerprint density at radius 3 is 2.62 bits per heavy atom. The lowest BCUT2D eigenvalue weighted by Gasteiger charge is -2.36. The zero-order chi connectivity index (χ0) is 15.7. The third-order valence-corrected chi connectivity index (χ3v) is 3.16. The average Bonchev–Trinajstić information content (AvgIpc) is 2.36. The summed E-state index contributed by atoms with van der Waals surface area (Å²) in [5.41, 5.74) is -1.80. The maximum absolute atomic E-state index is 12.0. The fourth-order valence-electron chi connectivity index (χ4n) is 2.28. The second-order valence-electron chi connectivity index (χ2n) is 5.93. The molecule has 0 saturated heterocycles. The van der Waals surface area contributed by atoms with Crippen LogP contribution in [0.2, 0.25) is 0 Å². The van der Waals surface area contributed by atoms with Crippen molar-refractivity contribution in [2.24, 2.45) is 0 Å². The van der Waals surface area contributed by atoms with Crippen LogP contribution in [-0.4, -0.2) is 29.4 Å². The minimum absolute atomic E-state index is 0.137. The predicted octanol–water partition coefficient (Wildman–Crippen LogP) is 2.27. The van der Waals surface area contributed by atoms with Crippen LogP contribution in [-0.2, 0) is 15.1 Å². The van der Waals surface area contributed by atoms with Crippen LogP contribution in [0.3, 0.4) is 0 Å². The third-order valence-electron chi connectivity index (χ3n) is 3.16. The third kappa shape index (κ3) is 3.09. The summed E-state index contributed by atoms with van der Waals surface area (Å²) in [4.78, 5) is 23.8. The Labute approximate surface area is 123 Å². The van der Waals surface area contributed by atoms with Crippen LogP contribution in [0.1, 0.15) is 32.8 Å². The molecule has 1 amide bonds. The van der Waals surface area contributed by atoms with Crippen molar-refractivity contribution in [1.82, 2.24) is 5.32 Å². The van der Waals surface area contributed by atoms with Gasteiger partial charge >= 0.3 is 12.1 Å². The summed E-state index contributed by atoms with van der Waals surface area (Å²) in [7, 11) is 0. The Morgan fingerprint density at radius 2 is 2.00 bits per heavy atom. The second-order valence-corrected chi connectivity index (χ2v) is 5.93. The van der Waals surface area contributed by atoms with E-state index in [0.717, 1.165) is 0 Å². The monoisotopic (exact) mass is 293 g/mol. The Balaban J connectivity index is 2.36. The van der Waals surface area contributed by atoms with E-state index in [1.807, 2.05) is 0 Å². The molecule has 6 heteroatoms. The normalized spacial score (nSPS) is 20.9. The molecule has 0 bridgehead atoms. The first-order chi connectivity index (χ1) is 9.74. The van der Waals surface area contributed by atoms with E-state index in [1.54, 1.807) is 45.0 Å². The smallest absolute Gasteiger partial charge is 0.408 e. The van der Waals surface area contributed by atoms with E-state index in [2.05, 4.69) is 5.32 Å². The van der Waals surface area contributed by atoms with E-state index < -0.39 is 23.2 Å². The van der Waals surface area contributed by atoms with E-state index in [0.29, 0.717) is 11.3 Å². The van der Waals surface area contributed by atoms with E-state index >= 15 is 0 Å². The summed E-state index contributed by atoms with van der Waals surface area (Å²) in [5.74, 6) is -0.675. The van der Waals surface area contributed by atoms with Crippen molar-refractivity contribution in [3.05, 3.63) is 29.8 Å². The quantitative estimate of drug-likeness (QED) is 0.873. The zero-order valence-corrected chi connectivity index (χ0v) is 12.3. The lowest BCUT2D eigenvalue weighted by molar-refractivity contribution is -0.146. The highest BCUT2D eigenvalue weighted by Crippen LogP contribution is 2.37. The van der Waals surface area contributed by atoms with Crippen molar-refractivity contribution in [3.8, 4) is 5.75 Å². The summed E-state index contributed by atoms with van der Waals surface area (Å²) >= 11 is 0. The van der Waals surface area contributed by atoms with Gasteiger partial charge in [-0.25, -0.2) is 9.59 Å². The molecule has 1 heterocycles. The fraction of sp³-hybridized carbons (Fsp3) is 0.467. The van der Waals surface area contributed by atoms with Gasteiger partial charge in [0.05, 0.1) is 6.61 Å². The maximum atomic E-state index is 12.0. The van der Waals surface area contributed by atoms with E-state index in [-0.39, 0.29) is 13.0 Å². The fourth-order valence-corrected chi connectivity index (χ4v) is 2.28. The Bertz CT molecular complexity index is 563. The standard InChI is InChI=1S/C15H19NO5/c1-14(2,3)21-13(19)16-15(12(17)18)8-9-20-11-7-5-4-6-10(11)15/h4-7H,8-9H2,1-3H3,(H,16,19)(H,17,18). The number of carbonyl (C=O) groups excluding carboxylic acids is 1. The van der Waals surface area contributed by atoms with Gasteiger partial charge in [0.2, 0.25) is 0 Å². The molecule has 2 N–H and O–H groups in total. The van der Waals surface area contributed by atoms with Gasteiger partial charge in [0.1, 0.15) is 11.4 Å². The van der Waals surface area contributed by atoms with Gasteiger partial charge < -0.3 is 19.9 Å². The highest BCUT2D eigenvalue weighted by molar-refractivity contribution is 5.87. The minimum atomic E-state index is -1.53. The van der Waals surface area contributed by atoms with Gasteiger partial charge in [-0.15, -0.1) is 0 Å². The number of benzene rings is 1. The molecule has 0 radical (unpaired) electrons. The molecule has 1 aliphatic rings. The topological polar surface area (TPSA) is 84.9 Å². The Kier molecular flexibility index (Phi) is 3.80. The summed E-state index contributed by atoms with van der Waals surface area (Å²) in [5, 5.41) is 12.2. The molecule has 6 nitrogen and oxygen atoms in total. The van der Waals surface area contributed by atoms with Crippen molar-refractivity contribution >= 4 is 12.1 Å². The molecule has 0 saturated carbocycles. The van der Waals surface area contributed by atoms with Gasteiger partial charge in [0.15, 0.2) is 5.54 Å².